The zero-order valence-electron chi connectivity index (χ0n) is 15.2. The third-order valence-corrected chi connectivity index (χ3v) is 4.67. The van der Waals surface area contributed by atoms with Gasteiger partial charge in [0.2, 0.25) is 0 Å². The van der Waals surface area contributed by atoms with E-state index in [1.807, 2.05) is 37.3 Å². The zero-order chi connectivity index (χ0) is 19.8. The number of carboxylic acid groups (broad SMARTS) is 1. The summed E-state index contributed by atoms with van der Waals surface area (Å²) in [7, 11) is 1.80. The van der Waals surface area contributed by atoms with Gasteiger partial charge in [-0.25, -0.2) is 14.6 Å². The van der Waals surface area contributed by atoms with Gasteiger partial charge in [0.15, 0.2) is 0 Å². The summed E-state index contributed by atoms with van der Waals surface area (Å²) in [4.78, 5) is 32.5. The van der Waals surface area contributed by atoms with E-state index in [1.165, 1.54) is 18.5 Å². The average molecular weight is 374 g/mol. The van der Waals surface area contributed by atoms with Crippen molar-refractivity contribution in [1.29, 1.82) is 0 Å². The van der Waals surface area contributed by atoms with Crippen molar-refractivity contribution in [2.45, 2.75) is 6.92 Å². The molecule has 0 amide bonds. The van der Waals surface area contributed by atoms with Crippen LogP contribution in [0.15, 0.2) is 59.7 Å². The second-order valence-electron chi connectivity index (χ2n) is 6.30. The summed E-state index contributed by atoms with van der Waals surface area (Å²) in [6.07, 6.45) is 1.32. The molecule has 0 radical (unpaired) electrons. The molecular formula is C20H16N5O3-. The Morgan fingerprint density at radius 3 is 2.57 bits per heavy atom. The van der Waals surface area contributed by atoms with Gasteiger partial charge < -0.3 is 15.2 Å². The van der Waals surface area contributed by atoms with Gasteiger partial charge in [0.05, 0.1) is 22.9 Å². The number of aromatic carboxylic acids is 1. The van der Waals surface area contributed by atoms with Gasteiger partial charge in [0.25, 0.3) is 5.56 Å². The average Bonchev–Trinajstić information content (AvgIpc) is 2.91. The quantitative estimate of drug-likeness (QED) is 0.581. The van der Waals surface area contributed by atoms with E-state index in [0.29, 0.717) is 22.4 Å². The number of carbonyl (C=O) groups excluding carboxylic acids is 1. The molecule has 0 aliphatic rings. The largest absolute Gasteiger partial charge is 0.545 e. The first-order chi connectivity index (χ1) is 13.5. The molecule has 0 saturated carbocycles. The van der Waals surface area contributed by atoms with Crippen molar-refractivity contribution in [3.63, 3.8) is 0 Å². The SMILES string of the molecule is Cc1c(Nc2ncnc3cc(C(=O)[O-])ccc23)c(=O)n(-c2ccccc2)n1C. The lowest BCUT2D eigenvalue weighted by Crippen LogP contribution is -2.22. The molecule has 0 atom stereocenters. The highest BCUT2D eigenvalue weighted by Gasteiger charge is 2.17. The van der Waals surface area contributed by atoms with Crippen LogP contribution in [-0.2, 0) is 7.05 Å². The number of aromatic nitrogens is 4. The van der Waals surface area contributed by atoms with E-state index in [-0.39, 0.29) is 11.1 Å². The normalized spacial score (nSPS) is 10.9. The summed E-state index contributed by atoms with van der Waals surface area (Å²) in [6, 6.07) is 13.8. The van der Waals surface area contributed by atoms with Crippen molar-refractivity contribution >= 4 is 28.4 Å². The topological polar surface area (TPSA) is 105 Å². The van der Waals surface area contributed by atoms with Gasteiger partial charge in [-0.05, 0) is 36.8 Å². The molecule has 8 heteroatoms. The van der Waals surface area contributed by atoms with E-state index in [1.54, 1.807) is 22.5 Å². The maximum absolute atomic E-state index is 13.0. The molecule has 0 fully saturated rings. The van der Waals surface area contributed by atoms with Crippen molar-refractivity contribution in [3.8, 4) is 5.69 Å². The molecule has 28 heavy (non-hydrogen) atoms. The Morgan fingerprint density at radius 2 is 1.86 bits per heavy atom. The van der Waals surface area contributed by atoms with E-state index in [9.17, 15) is 14.7 Å². The summed E-state index contributed by atoms with van der Waals surface area (Å²) in [5, 5.41) is 14.8. The molecule has 4 rings (SSSR count). The van der Waals surface area contributed by atoms with E-state index < -0.39 is 5.97 Å². The molecule has 0 saturated heterocycles. The Morgan fingerprint density at radius 1 is 1.11 bits per heavy atom. The summed E-state index contributed by atoms with van der Waals surface area (Å²) in [6.45, 7) is 1.83. The first-order valence-corrected chi connectivity index (χ1v) is 8.54. The van der Waals surface area contributed by atoms with Crippen LogP contribution < -0.4 is 16.0 Å². The third kappa shape index (κ3) is 2.81. The van der Waals surface area contributed by atoms with E-state index in [2.05, 4.69) is 15.3 Å². The number of carboxylic acids is 1. The number of fused-ring (bicyclic) bond motifs is 1. The van der Waals surface area contributed by atoms with Crippen LogP contribution in [0, 0.1) is 6.92 Å². The summed E-state index contributed by atoms with van der Waals surface area (Å²) in [5.41, 5.74) is 2.11. The number of hydrogen-bond donors (Lipinski definition) is 1. The lowest BCUT2D eigenvalue weighted by molar-refractivity contribution is -0.255. The molecule has 2 aromatic carbocycles. The second-order valence-corrected chi connectivity index (χ2v) is 6.30. The Balaban J connectivity index is 1.83. The first-order valence-electron chi connectivity index (χ1n) is 8.54. The number of nitrogens with one attached hydrogen (secondary N) is 1. The van der Waals surface area contributed by atoms with E-state index >= 15 is 0 Å². The Hall–Kier alpha value is -3.94. The fraction of sp³-hybridized carbons (Fsp3) is 0.100. The summed E-state index contributed by atoms with van der Waals surface area (Å²) >= 11 is 0. The molecule has 140 valence electrons. The van der Waals surface area contributed by atoms with Crippen LogP contribution in [0.25, 0.3) is 16.6 Å². The lowest BCUT2D eigenvalue weighted by atomic mass is 10.1. The fourth-order valence-corrected chi connectivity index (χ4v) is 3.11. The summed E-state index contributed by atoms with van der Waals surface area (Å²) < 4.78 is 3.33. The van der Waals surface area contributed by atoms with Crippen molar-refractivity contribution < 1.29 is 9.90 Å². The Kier molecular flexibility index (Phi) is 4.15. The number of rotatable bonds is 4. The number of hydrogen-bond acceptors (Lipinski definition) is 6. The zero-order valence-corrected chi connectivity index (χ0v) is 15.2. The number of carbonyl (C=O) groups is 1. The Bertz CT molecular complexity index is 1260. The van der Waals surface area contributed by atoms with Crippen LogP contribution in [-0.4, -0.2) is 25.3 Å². The fourth-order valence-electron chi connectivity index (χ4n) is 3.11. The van der Waals surface area contributed by atoms with Crippen molar-refractivity contribution in [1.82, 2.24) is 19.3 Å². The van der Waals surface area contributed by atoms with Gasteiger partial charge in [0, 0.05) is 12.4 Å². The smallest absolute Gasteiger partial charge is 0.295 e. The minimum atomic E-state index is -1.28. The van der Waals surface area contributed by atoms with Crippen LogP contribution in [0.2, 0.25) is 0 Å². The number of benzene rings is 2. The molecule has 1 N–H and O–H groups in total. The molecule has 4 aromatic rings. The van der Waals surface area contributed by atoms with Gasteiger partial charge in [-0.15, -0.1) is 0 Å². The Labute approximate surface area is 159 Å². The van der Waals surface area contributed by atoms with E-state index in [4.69, 9.17) is 0 Å². The van der Waals surface area contributed by atoms with Crippen LogP contribution in [0.3, 0.4) is 0 Å². The molecule has 0 spiro atoms. The van der Waals surface area contributed by atoms with Crippen LogP contribution in [0.5, 0.6) is 0 Å². The minimum Gasteiger partial charge on any atom is -0.545 e. The molecular weight excluding hydrogens is 358 g/mol. The molecule has 0 aliphatic carbocycles. The van der Waals surface area contributed by atoms with Gasteiger partial charge in [-0.3, -0.25) is 9.48 Å². The van der Waals surface area contributed by atoms with Crippen LogP contribution >= 0.6 is 0 Å². The maximum atomic E-state index is 13.0. The van der Waals surface area contributed by atoms with Crippen molar-refractivity contribution in [3.05, 3.63) is 76.5 Å². The van der Waals surface area contributed by atoms with Crippen molar-refractivity contribution in [2.75, 3.05) is 5.32 Å². The predicted molar refractivity (Wildman–Crippen MR) is 103 cm³/mol. The molecule has 2 aromatic heterocycles. The molecule has 0 bridgehead atoms. The van der Waals surface area contributed by atoms with E-state index in [0.717, 1.165) is 11.4 Å². The number of para-hydroxylation sites is 1. The monoisotopic (exact) mass is 374 g/mol. The maximum Gasteiger partial charge on any atom is 0.295 e. The van der Waals surface area contributed by atoms with Gasteiger partial charge in [-0.1, -0.05) is 24.3 Å². The molecule has 2 heterocycles. The van der Waals surface area contributed by atoms with Crippen molar-refractivity contribution in [2.24, 2.45) is 7.05 Å². The molecule has 0 aliphatic heterocycles. The van der Waals surface area contributed by atoms with Crippen LogP contribution in [0.4, 0.5) is 11.5 Å². The highest BCUT2D eigenvalue weighted by molar-refractivity contribution is 5.96. The minimum absolute atomic E-state index is 0.0273. The summed E-state index contributed by atoms with van der Waals surface area (Å²) in [5.74, 6) is -0.861. The van der Waals surface area contributed by atoms with Gasteiger partial charge >= 0.3 is 0 Å². The molecule has 0 unspecified atom stereocenters. The lowest BCUT2D eigenvalue weighted by Gasteiger charge is -2.09. The molecule has 8 nitrogen and oxygen atoms in total. The first kappa shape index (κ1) is 17.5. The van der Waals surface area contributed by atoms with Gasteiger partial charge in [0.1, 0.15) is 17.8 Å². The highest BCUT2D eigenvalue weighted by Crippen LogP contribution is 2.24. The highest BCUT2D eigenvalue weighted by atomic mass is 16.4. The van der Waals surface area contributed by atoms with Gasteiger partial charge in [-0.2, -0.15) is 0 Å². The standard InChI is InChI=1S/C20H17N5O3/c1-12-17(19(26)25(24(12)2)14-6-4-3-5-7-14)23-18-15-9-8-13(20(27)28)10-16(15)21-11-22-18/h3-11H,1-2H3,(H,27,28)(H,21,22,23)/p-1. The number of anilines is 2. The third-order valence-electron chi connectivity index (χ3n) is 4.67. The second kappa shape index (κ2) is 6.66. The number of nitrogens with zero attached hydrogens (tertiary/aromatic N) is 4. The predicted octanol–water partition coefficient (Wildman–Crippen LogP) is 1.53. The van der Waals surface area contributed by atoms with Crippen LogP contribution in [0.1, 0.15) is 16.1 Å².